The van der Waals surface area contributed by atoms with Crippen LogP contribution in [0.4, 0.5) is 0 Å². The summed E-state index contributed by atoms with van der Waals surface area (Å²) in [7, 11) is 0. The standard InChI is InChI=1S/C18H22N4O3/c23-18(20-9-13-3-4-16-17(8-13)25-12-24-16)11-22-15(5-7-21-22)14-2-1-6-19-10-14/h3-5,7-8,14,19H,1-2,6,9-12H2,(H,20,23). The van der Waals surface area contributed by atoms with Crippen molar-refractivity contribution < 1.29 is 14.3 Å². The molecular formula is C18H22N4O3. The zero-order chi connectivity index (χ0) is 17.1. The summed E-state index contributed by atoms with van der Waals surface area (Å²) in [5.74, 6) is 1.85. The second-order valence-electron chi connectivity index (χ2n) is 6.42. The first-order valence-electron chi connectivity index (χ1n) is 8.67. The van der Waals surface area contributed by atoms with E-state index in [0.29, 0.717) is 12.5 Å². The molecule has 0 radical (unpaired) electrons. The summed E-state index contributed by atoms with van der Waals surface area (Å²) in [5.41, 5.74) is 2.11. The van der Waals surface area contributed by atoms with E-state index in [1.54, 1.807) is 6.20 Å². The minimum absolute atomic E-state index is 0.0496. The maximum absolute atomic E-state index is 12.3. The molecule has 1 saturated heterocycles. The smallest absolute Gasteiger partial charge is 0.242 e. The van der Waals surface area contributed by atoms with Gasteiger partial charge < -0.3 is 20.1 Å². The predicted octanol–water partition coefficient (Wildman–Crippen LogP) is 1.40. The Hall–Kier alpha value is -2.54. The molecule has 7 nitrogen and oxygen atoms in total. The Labute approximate surface area is 146 Å². The molecule has 2 aliphatic rings. The van der Waals surface area contributed by atoms with E-state index < -0.39 is 0 Å². The Morgan fingerprint density at radius 3 is 3.12 bits per heavy atom. The van der Waals surface area contributed by atoms with Crippen LogP contribution in [0.3, 0.4) is 0 Å². The normalized spacial score (nSPS) is 19.0. The Kier molecular flexibility index (Phi) is 4.56. The summed E-state index contributed by atoms with van der Waals surface area (Å²) in [6, 6.07) is 7.71. The number of carbonyl (C=O) groups is 1. The van der Waals surface area contributed by atoms with Crippen LogP contribution in [-0.4, -0.2) is 35.6 Å². The zero-order valence-electron chi connectivity index (χ0n) is 14.0. The predicted molar refractivity (Wildman–Crippen MR) is 91.5 cm³/mol. The fourth-order valence-electron chi connectivity index (χ4n) is 3.37. The second-order valence-corrected chi connectivity index (χ2v) is 6.42. The third kappa shape index (κ3) is 3.61. The van der Waals surface area contributed by atoms with Gasteiger partial charge in [0.15, 0.2) is 11.5 Å². The first-order chi connectivity index (χ1) is 12.3. The Morgan fingerprint density at radius 2 is 2.24 bits per heavy atom. The van der Waals surface area contributed by atoms with Crippen LogP contribution in [0.5, 0.6) is 11.5 Å². The molecule has 0 bridgehead atoms. The minimum atomic E-state index is -0.0496. The van der Waals surface area contributed by atoms with E-state index in [-0.39, 0.29) is 19.2 Å². The summed E-state index contributed by atoms with van der Waals surface area (Å²) in [6.45, 7) is 2.97. The lowest BCUT2D eigenvalue weighted by Crippen LogP contribution is -2.32. The lowest BCUT2D eigenvalue weighted by Gasteiger charge is -2.23. The minimum Gasteiger partial charge on any atom is -0.454 e. The summed E-state index contributed by atoms with van der Waals surface area (Å²) in [6.07, 6.45) is 4.07. The number of hydrogen-bond acceptors (Lipinski definition) is 5. The van der Waals surface area contributed by atoms with Gasteiger partial charge in [-0.25, -0.2) is 0 Å². The molecule has 1 aromatic carbocycles. The Bertz CT molecular complexity index is 753. The monoisotopic (exact) mass is 342 g/mol. The van der Waals surface area contributed by atoms with Crippen LogP contribution in [0, 0.1) is 0 Å². The highest BCUT2D eigenvalue weighted by atomic mass is 16.7. The van der Waals surface area contributed by atoms with Gasteiger partial charge in [-0.15, -0.1) is 0 Å². The lowest BCUT2D eigenvalue weighted by molar-refractivity contribution is -0.122. The van der Waals surface area contributed by atoms with Crippen molar-refractivity contribution in [1.29, 1.82) is 0 Å². The maximum Gasteiger partial charge on any atom is 0.242 e. The zero-order valence-corrected chi connectivity index (χ0v) is 14.0. The molecule has 25 heavy (non-hydrogen) atoms. The molecule has 1 aromatic heterocycles. The average molecular weight is 342 g/mol. The van der Waals surface area contributed by atoms with E-state index in [2.05, 4.69) is 15.7 Å². The fraction of sp³-hybridized carbons (Fsp3) is 0.444. The highest BCUT2D eigenvalue weighted by Crippen LogP contribution is 2.32. The van der Waals surface area contributed by atoms with Crippen molar-refractivity contribution in [3.05, 3.63) is 41.7 Å². The van der Waals surface area contributed by atoms with Gasteiger partial charge >= 0.3 is 0 Å². The molecule has 0 spiro atoms. The van der Waals surface area contributed by atoms with Crippen LogP contribution in [0.1, 0.15) is 30.0 Å². The summed E-state index contributed by atoms with van der Waals surface area (Å²) in [5, 5.41) is 10.7. The van der Waals surface area contributed by atoms with Gasteiger partial charge in [-0.3, -0.25) is 9.48 Å². The number of piperidine rings is 1. The molecule has 1 atom stereocenters. The van der Waals surface area contributed by atoms with Crippen LogP contribution in [-0.2, 0) is 17.9 Å². The second kappa shape index (κ2) is 7.14. The molecule has 4 rings (SSSR count). The van der Waals surface area contributed by atoms with Gasteiger partial charge in [0.05, 0.1) is 0 Å². The quantitative estimate of drug-likeness (QED) is 0.859. The van der Waals surface area contributed by atoms with Gasteiger partial charge in [0.1, 0.15) is 6.54 Å². The van der Waals surface area contributed by atoms with Crippen molar-refractivity contribution in [3.63, 3.8) is 0 Å². The maximum atomic E-state index is 12.3. The fourth-order valence-corrected chi connectivity index (χ4v) is 3.37. The molecular weight excluding hydrogens is 320 g/mol. The number of benzene rings is 1. The average Bonchev–Trinajstić information content (AvgIpc) is 3.29. The van der Waals surface area contributed by atoms with Gasteiger partial charge in [0.2, 0.25) is 12.7 Å². The molecule has 3 heterocycles. The number of rotatable bonds is 5. The summed E-state index contributed by atoms with van der Waals surface area (Å²) < 4.78 is 12.5. The molecule has 1 amide bonds. The molecule has 132 valence electrons. The highest BCUT2D eigenvalue weighted by Gasteiger charge is 2.20. The number of ether oxygens (including phenoxy) is 2. The summed E-state index contributed by atoms with van der Waals surface area (Å²) >= 11 is 0. The molecule has 2 N–H and O–H groups in total. The topological polar surface area (TPSA) is 77.4 Å². The number of amides is 1. The molecule has 1 unspecified atom stereocenters. The third-order valence-corrected chi connectivity index (χ3v) is 4.68. The van der Waals surface area contributed by atoms with Gasteiger partial charge in [0.25, 0.3) is 0 Å². The lowest BCUT2D eigenvalue weighted by atomic mass is 9.96. The number of nitrogens with zero attached hydrogens (tertiary/aromatic N) is 2. The molecule has 2 aliphatic heterocycles. The van der Waals surface area contributed by atoms with E-state index >= 15 is 0 Å². The van der Waals surface area contributed by atoms with Crippen LogP contribution in [0.25, 0.3) is 0 Å². The number of aromatic nitrogens is 2. The number of carbonyl (C=O) groups excluding carboxylic acids is 1. The van der Waals surface area contributed by atoms with Crippen molar-refractivity contribution >= 4 is 5.91 Å². The van der Waals surface area contributed by atoms with Gasteiger partial charge in [0, 0.05) is 30.9 Å². The Balaban J connectivity index is 1.34. The van der Waals surface area contributed by atoms with Crippen LogP contribution in [0.15, 0.2) is 30.5 Å². The third-order valence-electron chi connectivity index (χ3n) is 4.68. The number of nitrogens with one attached hydrogen (secondary N) is 2. The van der Waals surface area contributed by atoms with Crippen molar-refractivity contribution in [3.8, 4) is 11.5 Å². The number of hydrogen-bond donors (Lipinski definition) is 2. The van der Waals surface area contributed by atoms with E-state index in [9.17, 15) is 4.79 Å². The van der Waals surface area contributed by atoms with Crippen molar-refractivity contribution in [2.45, 2.75) is 31.8 Å². The van der Waals surface area contributed by atoms with Crippen LogP contribution < -0.4 is 20.1 Å². The van der Waals surface area contributed by atoms with Crippen molar-refractivity contribution in [2.24, 2.45) is 0 Å². The molecule has 0 aliphatic carbocycles. The van der Waals surface area contributed by atoms with Gasteiger partial charge in [-0.2, -0.15) is 5.10 Å². The van der Waals surface area contributed by atoms with Gasteiger partial charge in [-0.05, 0) is 43.1 Å². The van der Waals surface area contributed by atoms with Crippen LogP contribution in [0.2, 0.25) is 0 Å². The summed E-state index contributed by atoms with van der Waals surface area (Å²) in [4.78, 5) is 12.3. The SMILES string of the molecule is O=C(Cn1nccc1C1CCCNC1)NCc1ccc2c(c1)OCO2. The van der Waals surface area contributed by atoms with E-state index in [0.717, 1.165) is 48.7 Å². The van der Waals surface area contributed by atoms with Crippen molar-refractivity contribution in [1.82, 2.24) is 20.4 Å². The van der Waals surface area contributed by atoms with Crippen molar-refractivity contribution in [2.75, 3.05) is 19.9 Å². The molecule has 2 aromatic rings. The largest absolute Gasteiger partial charge is 0.454 e. The van der Waals surface area contributed by atoms with E-state index in [1.165, 1.54) is 0 Å². The van der Waals surface area contributed by atoms with E-state index in [4.69, 9.17) is 9.47 Å². The highest BCUT2D eigenvalue weighted by molar-refractivity contribution is 5.75. The Morgan fingerprint density at radius 1 is 1.32 bits per heavy atom. The first kappa shape index (κ1) is 16.0. The van der Waals surface area contributed by atoms with Gasteiger partial charge in [-0.1, -0.05) is 6.07 Å². The number of fused-ring (bicyclic) bond motifs is 1. The first-order valence-corrected chi connectivity index (χ1v) is 8.67. The van der Waals surface area contributed by atoms with Crippen LogP contribution >= 0.6 is 0 Å². The molecule has 1 fully saturated rings. The molecule has 7 heteroatoms. The molecule has 0 saturated carbocycles. The van der Waals surface area contributed by atoms with E-state index in [1.807, 2.05) is 28.9 Å².